The molecule has 0 amide bonds. The van der Waals surface area contributed by atoms with Gasteiger partial charge in [-0.15, -0.1) is 0 Å². The van der Waals surface area contributed by atoms with Crippen molar-refractivity contribution in [2.75, 3.05) is 0 Å². The molecule has 0 spiro atoms. The van der Waals surface area contributed by atoms with Crippen LogP contribution < -0.4 is 5.32 Å². The molecule has 3 heteroatoms. The van der Waals surface area contributed by atoms with E-state index in [-0.39, 0.29) is 17.7 Å². The van der Waals surface area contributed by atoms with Crippen LogP contribution in [0.25, 0.3) is 0 Å². The van der Waals surface area contributed by atoms with E-state index in [1.807, 2.05) is 25.1 Å². The minimum absolute atomic E-state index is 0.00806. The van der Waals surface area contributed by atoms with Crippen LogP contribution in [-0.4, -0.2) is 22.0 Å². The van der Waals surface area contributed by atoms with Crippen molar-refractivity contribution < 1.29 is 5.21 Å². The van der Waals surface area contributed by atoms with E-state index >= 15 is 0 Å². The number of hydrogen-bond donors (Lipinski definition) is 2. The molecule has 1 fully saturated rings. The van der Waals surface area contributed by atoms with Crippen molar-refractivity contribution in [1.82, 2.24) is 10.4 Å². The van der Waals surface area contributed by atoms with Crippen LogP contribution in [0.1, 0.15) is 32.4 Å². The lowest BCUT2D eigenvalue weighted by Crippen LogP contribution is -2.39. The van der Waals surface area contributed by atoms with E-state index in [4.69, 9.17) is 0 Å². The smallest absolute Gasteiger partial charge is 0.0824 e. The Morgan fingerprint density at radius 3 is 2.33 bits per heavy atom. The van der Waals surface area contributed by atoms with Gasteiger partial charge in [0, 0.05) is 5.54 Å². The lowest BCUT2D eigenvalue weighted by molar-refractivity contribution is -0.137. The molecule has 1 heterocycles. The highest BCUT2D eigenvalue weighted by Crippen LogP contribution is 2.36. The van der Waals surface area contributed by atoms with Crippen LogP contribution in [0.15, 0.2) is 30.3 Å². The molecule has 0 aromatic heterocycles. The Labute approximate surface area is 90.7 Å². The molecule has 1 aliphatic rings. The maximum absolute atomic E-state index is 10.0. The predicted molar refractivity (Wildman–Crippen MR) is 59.5 cm³/mol. The molecule has 0 saturated carbocycles. The zero-order chi connectivity index (χ0) is 11.1. The van der Waals surface area contributed by atoms with Crippen molar-refractivity contribution >= 4 is 0 Å². The summed E-state index contributed by atoms with van der Waals surface area (Å²) in [5.74, 6) is 0. The third-order valence-corrected chi connectivity index (χ3v) is 3.04. The minimum atomic E-state index is -0.116. The third kappa shape index (κ3) is 1.78. The second-order valence-corrected chi connectivity index (χ2v) is 4.74. The summed E-state index contributed by atoms with van der Waals surface area (Å²) in [6.45, 7) is 6.18. The van der Waals surface area contributed by atoms with Gasteiger partial charge < -0.3 is 5.21 Å². The zero-order valence-corrected chi connectivity index (χ0v) is 9.44. The van der Waals surface area contributed by atoms with Crippen LogP contribution in [0.2, 0.25) is 0 Å². The Morgan fingerprint density at radius 2 is 1.87 bits per heavy atom. The predicted octanol–water partition coefficient (Wildman–Crippen LogP) is 2.15. The first-order valence-corrected chi connectivity index (χ1v) is 5.32. The maximum atomic E-state index is 10.0. The molecule has 2 atom stereocenters. The molecule has 1 aromatic carbocycles. The minimum Gasteiger partial charge on any atom is -0.312 e. The third-order valence-electron chi connectivity index (χ3n) is 3.04. The van der Waals surface area contributed by atoms with Gasteiger partial charge in [-0.3, -0.25) is 5.32 Å². The van der Waals surface area contributed by atoms with Gasteiger partial charge in [0.25, 0.3) is 0 Å². The molecule has 1 aliphatic heterocycles. The summed E-state index contributed by atoms with van der Waals surface area (Å²) in [5, 5.41) is 14.8. The number of benzene rings is 1. The van der Waals surface area contributed by atoms with Gasteiger partial charge in [-0.1, -0.05) is 30.3 Å². The summed E-state index contributed by atoms with van der Waals surface area (Å²) >= 11 is 0. The van der Waals surface area contributed by atoms with E-state index in [9.17, 15) is 5.21 Å². The molecule has 0 bridgehead atoms. The molecule has 1 saturated heterocycles. The van der Waals surface area contributed by atoms with Gasteiger partial charge in [-0.2, -0.15) is 5.06 Å². The number of hydrogen-bond acceptors (Lipinski definition) is 3. The lowest BCUT2D eigenvalue weighted by atomic mass is 9.90. The van der Waals surface area contributed by atoms with Gasteiger partial charge in [0.15, 0.2) is 0 Å². The first-order chi connectivity index (χ1) is 7.02. The van der Waals surface area contributed by atoms with E-state index in [2.05, 4.69) is 31.3 Å². The normalized spacial score (nSPS) is 30.7. The molecule has 0 radical (unpaired) electrons. The average molecular weight is 206 g/mol. The van der Waals surface area contributed by atoms with Crippen molar-refractivity contribution in [2.24, 2.45) is 0 Å². The largest absolute Gasteiger partial charge is 0.312 e. The van der Waals surface area contributed by atoms with Gasteiger partial charge in [0.1, 0.15) is 0 Å². The maximum Gasteiger partial charge on any atom is 0.0824 e. The highest BCUT2D eigenvalue weighted by Gasteiger charge is 2.44. The van der Waals surface area contributed by atoms with Gasteiger partial charge in [0.2, 0.25) is 0 Å². The summed E-state index contributed by atoms with van der Waals surface area (Å²) in [6, 6.07) is 10.1. The second-order valence-electron chi connectivity index (χ2n) is 4.74. The highest BCUT2D eigenvalue weighted by atomic mass is 16.5. The van der Waals surface area contributed by atoms with Crippen LogP contribution >= 0.6 is 0 Å². The topological polar surface area (TPSA) is 35.5 Å². The fourth-order valence-corrected chi connectivity index (χ4v) is 2.44. The zero-order valence-electron chi connectivity index (χ0n) is 9.44. The summed E-state index contributed by atoms with van der Waals surface area (Å²) in [4.78, 5) is 0. The quantitative estimate of drug-likeness (QED) is 0.739. The molecular formula is C12H18N2O. The Kier molecular flexibility index (Phi) is 2.54. The van der Waals surface area contributed by atoms with E-state index in [1.165, 1.54) is 5.06 Å². The summed E-state index contributed by atoms with van der Waals surface area (Å²) in [5.41, 5.74) is 1.03. The van der Waals surface area contributed by atoms with Crippen LogP contribution in [0.3, 0.4) is 0 Å². The monoisotopic (exact) mass is 206 g/mol. The van der Waals surface area contributed by atoms with Gasteiger partial charge in [-0.25, -0.2) is 0 Å². The molecule has 15 heavy (non-hydrogen) atoms. The molecule has 2 rings (SSSR count). The Bertz CT molecular complexity index is 337. The Morgan fingerprint density at radius 1 is 1.27 bits per heavy atom. The molecular weight excluding hydrogens is 188 g/mol. The highest BCUT2D eigenvalue weighted by molar-refractivity contribution is 5.24. The van der Waals surface area contributed by atoms with Crippen molar-refractivity contribution in [2.45, 2.75) is 38.5 Å². The standard InChI is InChI=1S/C12H18N2O/c1-9-13-12(2,3)11(14(9)15)10-7-5-4-6-8-10/h4-9,11,13,15H,1-3H3. The number of nitrogens with zero attached hydrogens (tertiary/aromatic N) is 1. The SMILES string of the molecule is CC1NC(C)(C)C(c2ccccc2)N1O. The number of rotatable bonds is 1. The molecule has 2 unspecified atom stereocenters. The molecule has 1 aromatic rings. The fourth-order valence-electron chi connectivity index (χ4n) is 2.44. The first kappa shape index (κ1) is 10.6. The molecule has 3 nitrogen and oxygen atoms in total. The molecule has 0 aliphatic carbocycles. The van der Waals surface area contributed by atoms with Crippen molar-refractivity contribution in [3.05, 3.63) is 35.9 Å². The van der Waals surface area contributed by atoms with Crippen molar-refractivity contribution in [1.29, 1.82) is 0 Å². The summed E-state index contributed by atoms with van der Waals surface area (Å²) in [6.07, 6.45) is -0.00907. The lowest BCUT2D eigenvalue weighted by Gasteiger charge is -2.28. The Hall–Kier alpha value is -0.900. The average Bonchev–Trinajstić information content (AvgIpc) is 2.37. The van der Waals surface area contributed by atoms with E-state index in [1.54, 1.807) is 0 Å². The second kappa shape index (κ2) is 3.59. The summed E-state index contributed by atoms with van der Waals surface area (Å²) in [7, 11) is 0. The van der Waals surface area contributed by atoms with Gasteiger partial charge in [0.05, 0.1) is 12.2 Å². The number of hydroxylamine groups is 2. The van der Waals surface area contributed by atoms with Gasteiger partial charge in [-0.05, 0) is 26.3 Å². The van der Waals surface area contributed by atoms with E-state index in [0.717, 1.165) is 5.56 Å². The van der Waals surface area contributed by atoms with Crippen LogP contribution in [0.5, 0.6) is 0 Å². The Balaban J connectivity index is 2.36. The number of nitrogens with one attached hydrogen (secondary N) is 1. The fraction of sp³-hybridized carbons (Fsp3) is 0.500. The van der Waals surface area contributed by atoms with E-state index in [0.29, 0.717) is 0 Å². The van der Waals surface area contributed by atoms with Crippen molar-refractivity contribution in [3.8, 4) is 0 Å². The summed E-state index contributed by atoms with van der Waals surface area (Å²) < 4.78 is 0. The van der Waals surface area contributed by atoms with E-state index < -0.39 is 0 Å². The first-order valence-electron chi connectivity index (χ1n) is 5.32. The molecule has 82 valence electrons. The van der Waals surface area contributed by atoms with Crippen LogP contribution in [0.4, 0.5) is 0 Å². The van der Waals surface area contributed by atoms with Crippen LogP contribution in [-0.2, 0) is 0 Å². The van der Waals surface area contributed by atoms with Gasteiger partial charge >= 0.3 is 0 Å². The van der Waals surface area contributed by atoms with Crippen molar-refractivity contribution in [3.63, 3.8) is 0 Å². The molecule has 2 N–H and O–H groups in total. The van der Waals surface area contributed by atoms with Crippen LogP contribution in [0, 0.1) is 0 Å².